The number of hydrogen-bond acceptors (Lipinski definition) is 6. The summed E-state index contributed by atoms with van der Waals surface area (Å²) in [5.41, 5.74) is 5.43. The smallest absolute Gasteiger partial charge is 0.255 e. The van der Waals surface area contributed by atoms with Crippen LogP contribution >= 0.6 is 11.3 Å². The lowest BCUT2D eigenvalue weighted by atomic mass is 10.2. The molecule has 3 N–H and O–H groups in total. The summed E-state index contributed by atoms with van der Waals surface area (Å²) in [6, 6.07) is 0. The van der Waals surface area contributed by atoms with E-state index in [0.717, 1.165) is 37.1 Å². The Kier molecular flexibility index (Phi) is 5.03. The van der Waals surface area contributed by atoms with Crippen molar-refractivity contribution in [1.82, 2.24) is 10.2 Å². The molecule has 1 amide bonds. The highest BCUT2D eigenvalue weighted by molar-refractivity contribution is 7.15. The molecule has 1 atom stereocenters. The second-order valence-electron chi connectivity index (χ2n) is 4.24. The zero-order chi connectivity index (χ0) is 12.8. The highest BCUT2D eigenvalue weighted by Gasteiger charge is 2.24. The summed E-state index contributed by atoms with van der Waals surface area (Å²) in [5.74, 6) is -0.114. The number of amides is 1. The first-order valence-electron chi connectivity index (χ1n) is 6.24. The first kappa shape index (κ1) is 13.4. The number of nitrogens with one attached hydrogen (secondary N) is 1. The van der Waals surface area contributed by atoms with Crippen molar-refractivity contribution in [2.24, 2.45) is 5.73 Å². The summed E-state index contributed by atoms with van der Waals surface area (Å²) in [4.78, 5) is 11.8. The Labute approximate surface area is 110 Å². The maximum absolute atomic E-state index is 11.8. The molecule has 0 radical (unpaired) electrons. The summed E-state index contributed by atoms with van der Waals surface area (Å²) in [6.45, 7) is 1.36. The van der Waals surface area contributed by atoms with Gasteiger partial charge in [0.05, 0.1) is 0 Å². The van der Waals surface area contributed by atoms with E-state index >= 15 is 0 Å². The number of ether oxygens (including phenoxy) is 1. The molecular formula is C11H18N4O2S. The van der Waals surface area contributed by atoms with E-state index in [0.29, 0.717) is 18.3 Å². The molecule has 0 aromatic carbocycles. The molecule has 1 saturated heterocycles. The third-order valence-electron chi connectivity index (χ3n) is 2.76. The Balaban J connectivity index is 1.80. The molecule has 18 heavy (non-hydrogen) atoms. The van der Waals surface area contributed by atoms with E-state index in [9.17, 15) is 4.79 Å². The van der Waals surface area contributed by atoms with Crippen LogP contribution in [0.15, 0.2) is 0 Å². The highest BCUT2D eigenvalue weighted by atomic mass is 32.1. The van der Waals surface area contributed by atoms with Crippen LogP contribution in [-0.2, 0) is 16.0 Å². The van der Waals surface area contributed by atoms with Crippen LogP contribution in [0.25, 0.3) is 0 Å². The molecule has 1 unspecified atom stereocenters. The lowest BCUT2D eigenvalue weighted by molar-refractivity contribution is -0.124. The van der Waals surface area contributed by atoms with E-state index < -0.39 is 0 Å². The Hall–Kier alpha value is -1.05. The fourth-order valence-electron chi connectivity index (χ4n) is 1.80. The number of aryl methyl sites for hydroxylation is 1. The van der Waals surface area contributed by atoms with Crippen LogP contribution in [0, 0.1) is 0 Å². The number of aromatic nitrogens is 2. The first-order valence-corrected chi connectivity index (χ1v) is 7.06. The monoisotopic (exact) mass is 270 g/mol. The highest BCUT2D eigenvalue weighted by Crippen LogP contribution is 2.19. The summed E-state index contributed by atoms with van der Waals surface area (Å²) in [6.07, 6.45) is 4.26. The normalized spacial score (nSPS) is 19.1. The molecule has 0 bridgehead atoms. The van der Waals surface area contributed by atoms with Crippen LogP contribution in [0.5, 0.6) is 0 Å². The third kappa shape index (κ3) is 3.72. The maximum atomic E-state index is 11.8. The molecule has 7 heteroatoms. The SMILES string of the molecule is NCCCCc1nnc(NC(=O)C2CCCO2)s1. The minimum Gasteiger partial charge on any atom is -0.368 e. The second kappa shape index (κ2) is 6.77. The third-order valence-corrected chi connectivity index (χ3v) is 3.66. The summed E-state index contributed by atoms with van der Waals surface area (Å²) in [5, 5.41) is 12.2. The van der Waals surface area contributed by atoms with Gasteiger partial charge in [0.1, 0.15) is 11.1 Å². The van der Waals surface area contributed by atoms with Crippen LogP contribution in [0.3, 0.4) is 0 Å². The molecular weight excluding hydrogens is 252 g/mol. The number of nitrogens with two attached hydrogens (primary N) is 1. The largest absolute Gasteiger partial charge is 0.368 e. The number of unbranched alkanes of at least 4 members (excludes halogenated alkanes) is 1. The van der Waals surface area contributed by atoms with Gasteiger partial charge in [-0.05, 0) is 32.2 Å². The molecule has 1 aliphatic heterocycles. The summed E-state index contributed by atoms with van der Waals surface area (Å²) >= 11 is 1.42. The van der Waals surface area contributed by atoms with E-state index in [-0.39, 0.29) is 12.0 Å². The molecule has 0 spiro atoms. The van der Waals surface area contributed by atoms with Crippen molar-refractivity contribution in [3.63, 3.8) is 0 Å². The van der Waals surface area contributed by atoms with Crippen molar-refractivity contribution in [2.75, 3.05) is 18.5 Å². The number of rotatable bonds is 6. The van der Waals surface area contributed by atoms with Crippen LogP contribution in [0.4, 0.5) is 5.13 Å². The van der Waals surface area contributed by atoms with Crippen molar-refractivity contribution < 1.29 is 9.53 Å². The molecule has 6 nitrogen and oxygen atoms in total. The van der Waals surface area contributed by atoms with Crippen LogP contribution in [-0.4, -0.2) is 35.4 Å². The lowest BCUT2D eigenvalue weighted by Crippen LogP contribution is -2.26. The zero-order valence-corrected chi connectivity index (χ0v) is 11.0. The number of nitrogens with zero attached hydrogens (tertiary/aromatic N) is 2. The number of carbonyl (C=O) groups is 1. The van der Waals surface area contributed by atoms with E-state index in [1.54, 1.807) is 0 Å². The van der Waals surface area contributed by atoms with Gasteiger partial charge in [-0.3, -0.25) is 10.1 Å². The van der Waals surface area contributed by atoms with Crippen LogP contribution in [0.2, 0.25) is 0 Å². The van der Waals surface area contributed by atoms with Crippen molar-refractivity contribution in [3.8, 4) is 0 Å². The van der Waals surface area contributed by atoms with E-state index in [2.05, 4.69) is 15.5 Å². The minimum absolute atomic E-state index is 0.114. The fraction of sp³-hybridized carbons (Fsp3) is 0.727. The molecule has 100 valence electrons. The molecule has 0 aliphatic carbocycles. The van der Waals surface area contributed by atoms with Gasteiger partial charge in [0.2, 0.25) is 5.13 Å². The predicted molar refractivity (Wildman–Crippen MR) is 69.5 cm³/mol. The quantitative estimate of drug-likeness (QED) is 0.751. The number of carbonyl (C=O) groups excluding carboxylic acids is 1. The Morgan fingerprint density at radius 1 is 1.50 bits per heavy atom. The lowest BCUT2D eigenvalue weighted by Gasteiger charge is -2.06. The molecule has 2 rings (SSSR count). The number of hydrogen-bond donors (Lipinski definition) is 2. The van der Waals surface area contributed by atoms with Gasteiger partial charge in [-0.2, -0.15) is 0 Å². The molecule has 1 aromatic heterocycles. The van der Waals surface area contributed by atoms with Gasteiger partial charge in [-0.15, -0.1) is 10.2 Å². The van der Waals surface area contributed by atoms with Gasteiger partial charge in [0.25, 0.3) is 5.91 Å². The molecule has 1 aliphatic rings. The topological polar surface area (TPSA) is 90.1 Å². The van der Waals surface area contributed by atoms with E-state index in [1.165, 1.54) is 11.3 Å². The van der Waals surface area contributed by atoms with Crippen molar-refractivity contribution in [3.05, 3.63) is 5.01 Å². The molecule has 2 heterocycles. The fourth-order valence-corrected chi connectivity index (χ4v) is 2.58. The maximum Gasteiger partial charge on any atom is 0.255 e. The average Bonchev–Trinajstić information content (AvgIpc) is 3.00. The van der Waals surface area contributed by atoms with Gasteiger partial charge < -0.3 is 10.5 Å². The van der Waals surface area contributed by atoms with Crippen LogP contribution < -0.4 is 11.1 Å². The second-order valence-corrected chi connectivity index (χ2v) is 5.30. The zero-order valence-electron chi connectivity index (χ0n) is 10.2. The molecule has 1 fully saturated rings. The predicted octanol–water partition coefficient (Wildman–Crippen LogP) is 0.937. The Morgan fingerprint density at radius 2 is 2.39 bits per heavy atom. The van der Waals surface area contributed by atoms with Crippen LogP contribution in [0.1, 0.15) is 30.7 Å². The van der Waals surface area contributed by atoms with Crippen molar-refractivity contribution in [2.45, 2.75) is 38.2 Å². The number of anilines is 1. The molecule has 1 aromatic rings. The van der Waals surface area contributed by atoms with Crippen molar-refractivity contribution >= 4 is 22.4 Å². The summed E-state index contributed by atoms with van der Waals surface area (Å²) < 4.78 is 5.30. The summed E-state index contributed by atoms with van der Waals surface area (Å²) in [7, 11) is 0. The van der Waals surface area contributed by atoms with Crippen molar-refractivity contribution in [1.29, 1.82) is 0 Å². The Morgan fingerprint density at radius 3 is 3.11 bits per heavy atom. The van der Waals surface area contributed by atoms with E-state index in [1.807, 2.05) is 0 Å². The molecule has 0 saturated carbocycles. The van der Waals surface area contributed by atoms with Gasteiger partial charge >= 0.3 is 0 Å². The van der Waals surface area contributed by atoms with Gasteiger partial charge in [0, 0.05) is 13.0 Å². The van der Waals surface area contributed by atoms with Gasteiger partial charge in [-0.25, -0.2) is 0 Å². The standard InChI is InChI=1S/C11H18N4O2S/c12-6-2-1-5-9-14-15-11(18-9)13-10(16)8-4-3-7-17-8/h8H,1-7,12H2,(H,13,15,16). The average molecular weight is 270 g/mol. The first-order chi connectivity index (χ1) is 8.79. The van der Waals surface area contributed by atoms with Gasteiger partial charge in [-0.1, -0.05) is 11.3 Å². The van der Waals surface area contributed by atoms with E-state index in [4.69, 9.17) is 10.5 Å². The Bertz CT molecular complexity index is 390. The minimum atomic E-state index is -0.324. The van der Waals surface area contributed by atoms with Gasteiger partial charge in [0.15, 0.2) is 0 Å².